The van der Waals surface area contributed by atoms with Crippen molar-refractivity contribution in [2.75, 3.05) is 17.4 Å². The number of para-hydroxylation sites is 1. The minimum atomic E-state index is -4.06. The standard InChI is InChI=1S/C29H35N3O4S/c1-5-26(29(34)30-6-2)31(20-24-18-16-22(3)17-19-24)28(33)21-32(27-15-11-10-12-23(27)4)37(35,36)25-13-8-7-9-14-25/h7-19,26H,5-6,20-21H2,1-4H3,(H,30,34)/t26-/m1/s1. The molecule has 1 N–H and O–H groups in total. The van der Waals surface area contributed by atoms with Crippen LogP contribution in [0.15, 0.2) is 83.8 Å². The summed E-state index contributed by atoms with van der Waals surface area (Å²) < 4.78 is 28.7. The molecule has 37 heavy (non-hydrogen) atoms. The quantitative estimate of drug-likeness (QED) is 0.404. The van der Waals surface area contributed by atoms with E-state index < -0.39 is 28.5 Å². The van der Waals surface area contributed by atoms with E-state index in [1.165, 1.54) is 17.0 Å². The maximum atomic E-state index is 13.9. The Morgan fingerprint density at radius 1 is 0.865 bits per heavy atom. The van der Waals surface area contributed by atoms with Crippen molar-refractivity contribution in [1.82, 2.24) is 10.2 Å². The van der Waals surface area contributed by atoms with E-state index in [0.717, 1.165) is 21.0 Å². The third-order valence-electron chi connectivity index (χ3n) is 6.20. The number of amides is 2. The van der Waals surface area contributed by atoms with Gasteiger partial charge in [-0.2, -0.15) is 0 Å². The Morgan fingerprint density at radius 3 is 2.08 bits per heavy atom. The molecular weight excluding hydrogens is 486 g/mol. The summed E-state index contributed by atoms with van der Waals surface area (Å²) in [5.41, 5.74) is 3.07. The average Bonchev–Trinajstić information content (AvgIpc) is 2.89. The van der Waals surface area contributed by atoms with E-state index in [1.807, 2.05) is 51.1 Å². The molecule has 3 rings (SSSR count). The second-order valence-corrected chi connectivity index (χ2v) is 10.8. The zero-order valence-electron chi connectivity index (χ0n) is 21.8. The molecule has 0 aromatic heterocycles. The minimum Gasteiger partial charge on any atom is -0.355 e. The van der Waals surface area contributed by atoms with Crippen LogP contribution in [0.25, 0.3) is 0 Å². The van der Waals surface area contributed by atoms with Gasteiger partial charge in [-0.05, 0) is 56.5 Å². The Labute approximate surface area is 220 Å². The van der Waals surface area contributed by atoms with Crippen LogP contribution in [0.2, 0.25) is 0 Å². The lowest BCUT2D eigenvalue weighted by atomic mass is 10.1. The smallest absolute Gasteiger partial charge is 0.264 e. The normalized spacial score (nSPS) is 12.0. The fraction of sp³-hybridized carbons (Fsp3) is 0.310. The van der Waals surface area contributed by atoms with Crippen molar-refractivity contribution in [3.63, 3.8) is 0 Å². The molecule has 8 heteroatoms. The zero-order chi connectivity index (χ0) is 27.0. The molecule has 2 amide bonds. The molecule has 0 heterocycles. The van der Waals surface area contributed by atoms with Crippen LogP contribution in [0.5, 0.6) is 0 Å². The van der Waals surface area contributed by atoms with Crippen molar-refractivity contribution in [1.29, 1.82) is 0 Å². The Balaban J connectivity index is 2.05. The zero-order valence-corrected chi connectivity index (χ0v) is 22.7. The van der Waals surface area contributed by atoms with Crippen LogP contribution in [0, 0.1) is 13.8 Å². The Kier molecular flexibility index (Phi) is 9.47. The van der Waals surface area contributed by atoms with Crippen molar-refractivity contribution in [2.24, 2.45) is 0 Å². The second-order valence-electron chi connectivity index (χ2n) is 8.94. The number of sulfonamides is 1. The Bertz CT molecular complexity index is 1310. The van der Waals surface area contributed by atoms with E-state index in [0.29, 0.717) is 18.7 Å². The van der Waals surface area contributed by atoms with Crippen molar-refractivity contribution in [3.05, 3.63) is 95.6 Å². The van der Waals surface area contributed by atoms with Gasteiger partial charge in [-0.3, -0.25) is 13.9 Å². The van der Waals surface area contributed by atoms with Gasteiger partial charge < -0.3 is 10.2 Å². The van der Waals surface area contributed by atoms with Gasteiger partial charge in [0.15, 0.2) is 0 Å². The highest BCUT2D eigenvalue weighted by molar-refractivity contribution is 7.92. The number of rotatable bonds is 11. The molecular formula is C29H35N3O4S. The summed E-state index contributed by atoms with van der Waals surface area (Å²) >= 11 is 0. The number of carbonyl (C=O) groups excluding carboxylic acids is 2. The van der Waals surface area contributed by atoms with Gasteiger partial charge in [0.2, 0.25) is 11.8 Å². The molecule has 196 valence electrons. The number of nitrogens with one attached hydrogen (secondary N) is 1. The number of hydrogen-bond donors (Lipinski definition) is 1. The Hall–Kier alpha value is -3.65. The first-order chi connectivity index (χ1) is 17.7. The molecule has 0 aliphatic carbocycles. The van der Waals surface area contributed by atoms with Crippen LogP contribution < -0.4 is 9.62 Å². The summed E-state index contributed by atoms with van der Waals surface area (Å²) in [5.74, 6) is -0.722. The summed E-state index contributed by atoms with van der Waals surface area (Å²) in [6.45, 7) is 7.62. The van der Waals surface area contributed by atoms with Gasteiger partial charge in [0.05, 0.1) is 10.6 Å². The van der Waals surface area contributed by atoms with Crippen molar-refractivity contribution in [2.45, 2.75) is 51.6 Å². The van der Waals surface area contributed by atoms with E-state index in [1.54, 1.807) is 43.3 Å². The van der Waals surface area contributed by atoms with Gasteiger partial charge in [-0.1, -0.05) is 73.2 Å². The SMILES string of the molecule is CCNC(=O)[C@@H](CC)N(Cc1ccc(C)cc1)C(=O)CN(c1ccccc1C)S(=O)(=O)c1ccccc1. The molecule has 1 atom stereocenters. The molecule has 0 unspecified atom stereocenters. The monoisotopic (exact) mass is 521 g/mol. The highest BCUT2D eigenvalue weighted by atomic mass is 32.2. The van der Waals surface area contributed by atoms with E-state index in [9.17, 15) is 18.0 Å². The highest BCUT2D eigenvalue weighted by Crippen LogP contribution is 2.27. The average molecular weight is 522 g/mol. The molecule has 7 nitrogen and oxygen atoms in total. The largest absolute Gasteiger partial charge is 0.355 e. The van der Waals surface area contributed by atoms with Gasteiger partial charge in [-0.25, -0.2) is 8.42 Å². The summed E-state index contributed by atoms with van der Waals surface area (Å²) in [5, 5.41) is 2.81. The van der Waals surface area contributed by atoms with E-state index in [2.05, 4.69) is 5.32 Å². The summed E-state index contributed by atoms with van der Waals surface area (Å²) in [4.78, 5) is 28.5. The number of nitrogens with zero attached hydrogens (tertiary/aromatic N) is 2. The number of carbonyl (C=O) groups is 2. The third kappa shape index (κ3) is 6.77. The van der Waals surface area contributed by atoms with Gasteiger partial charge >= 0.3 is 0 Å². The van der Waals surface area contributed by atoms with E-state index in [4.69, 9.17) is 0 Å². The molecule has 0 aliphatic rings. The van der Waals surface area contributed by atoms with Crippen LogP contribution in [-0.4, -0.2) is 44.3 Å². The van der Waals surface area contributed by atoms with Crippen LogP contribution in [0.3, 0.4) is 0 Å². The number of likely N-dealkylation sites (N-methyl/N-ethyl adjacent to an activating group) is 1. The van der Waals surface area contributed by atoms with Crippen LogP contribution in [0.4, 0.5) is 5.69 Å². The predicted molar refractivity (Wildman–Crippen MR) is 147 cm³/mol. The van der Waals surface area contributed by atoms with Gasteiger partial charge in [0.25, 0.3) is 10.0 Å². The van der Waals surface area contributed by atoms with Crippen LogP contribution in [-0.2, 0) is 26.2 Å². The van der Waals surface area contributed by atoms with Crippen LogP contribution >= 0.6 is 0 Å². The molecule has 0 aliphatic heterocycles. The third-order valence-corrected chi connectivity index (χ3v) is 7.98. The maximum Gasteiger partial charge on any atom is 0.264 e. The molecule has 0 saturated heterocycles. The predicted octanol–water partition coefficient (Wildman–Crippen LogP) is 4.44. The first kappa shape index (κ1) is 27.9. The first-order valence-electron chi connectivity index (χ1n) is 12.4. The fourth-order valence-corrected chi connectivity index (χ4v) is 5.68. The summed E-state index contributed by atoms with van der Waals surface area (Å²) in [6, 6.07) is 22.1. The van der Waals surface area contributed by atoms with Gasteiger partial charge in [-0.15, -0.1) is 0 Å². The van der Waals surface area contributed by atoms with Crippen molar-refractivity contribution < 1.29 is 18.0 Å². The number of hydrogen-bond acceptors (Lipinski definition) is 4. The Morgan fingerprint density at radius 2 is 1.49 bits per heavy atom. The molecule has 0 fully saturated rings. The lowest BCUT2D eigenvalue weighted by Crippen LogP contribution is -2.52. The van der Waals surface area contributed by atoms with Crippen molar-refractivity contribution in [3.8, 4) is 0 Å². The molecule has 0 bridgehead atoms. The molecule has 3 aromatic carbocycles. The maximum absolute atomic E-state index is 13.9. The van der Waals surface area contributed by atoms with Gasteiger partial charge in [0.1, 0.15) is 12.6 Å². The molecule has 0 saturated carbocycles. The lowest BCUT2D eigenvalue weighted by molar-refractivity contribution is -0.140. The minimum absolute atomic E-state index is 0.0897. The second kappa shape index (κ2) is 12.5. The summed E-state index contributed by atoms with van der Waals surface area (Å²) in [6.07, 6.45) is 0.388. The van der Waals surface area contributed by atoms with E-state index >= 15 is 0 Å². The molecule has 0 spiro atoms. The van der Waals surface area contributed by atoms with Crippen LogP contribution in [0.1, 0.15) is 37.0 Å². The molecule has 0 radical (unpaired) electrons. The van der Waals surface area contributed by atoms with Crippen molar-refractivity contribution >= 4 is 27.5 Å². The summed E-state index contributed by atoms with van der Waals surface area (Å²) in [7, 11) is -4.06. The van der Waals surface area contributed by atoms with E-state index in [-0.39, 0.29) is 17.3 Å². The fourth-order valence-electron chi connectivity index (χ4n) is 4.18. The topological polar surface area (TPSA) is 86.8 Å². The van der Waals surface area contributed by atoms with Gasteiger partial charge in [0, 0.05) is 13.1 Å². The number of aryl methyl sites for hydroxylation is 2. The number of benzene rings is 3. The highest BCUT2D eigenvalue weighted by Gasteiger charge is 2.33. The number of anilines is 1. The first-order valence-corrected chi connectivity index (χ1v) is 13.9. The lowest BCUT2D eigenvalue weighted by Gasteiger charge is -2.33. The molecule has 3 aromatic rings.